The van der Waals surface area contributed by atoms with E-state index in [-0.39, 0.29) is 0 Å². The molecule has 1 nitrogen and oxygen atoms in total. The molecule has 0 N–H and O–H groups in total. The van der Waals surface area contributed by atoms with E-state index in [1.807, 2.05) is 0 Å². The van der Waals surface area contributed by atoms with Crippen LogP contribution in [0.5, 0.6) is 0 Å². The zero-order valence-electron chi connectivity index (χ0n) is 14.7. The van der Waals surface area contributed by atoms with Crippen molar-refractivity contribution in [3.8, 4) is 11.8 Å². The van der Waals surface area contributed by atoms with Crippen LogP contribution in [-0.2, 0) is 0 Å². The van der Waals surface area contributed by atoms with Gasteiger partial charge in [-0.05, 0) is 58.6 Å². The molecule has 1 atom stereocenters. The molecule has 0 aliphatic heterocycles. The Kier molecular flexibility index (Phi) is 6.52. The van der Waals surface area contributed by atoms with Crippen molar-refractivity contribution in [3.05, 3.63) is 35.9 Å². The van der Waals surface area contributed by atoms with Crippen LogP contribution in [0.1, 0.15) is 65.4 Å². The summed E-state index contributed by atoms with van der Waals surface area (Å²) in [4.78, 5) is 2.62. The first kappa shape index (κ1) is 17.1. The zero-order chi connectivity index (χ0) is 15.9. The van der Waals surface area contributed by atoms with Gasteiger partial charge in [0.15, 0.2) is 0 Å². The Morgan fingerprint density at radius 1 is 0.909 bits per heavy atom. The Bertz CT molecular complexity index is 478. The second-order valence-corrected chi connectivity index (χ2v) is 7.11. The van der Waals surface area contributed by atoms with Crippen molar-refractivity contribution in [2.75, 3.05) is 0 Å². The Hall–Kier alpha value is -1.26. The van der Waals surface area contributed by atoms with Crippen molar-refractivity contribution in [1.82, 2.24) is 4.90 Å². The standard InChI is InChI=1S/C21H31N/c1-17(2)22(18(3)4)21(20-13-9-6-10-14-20)16-15-19-11-7-5-8-12-19/h5,7-8,11-12,17-18,20-21H,6,9-10,13-14H2,1-4H3. The van der Waals surface area contributed by atoms with E-state index in [9.17, 15) is 0 Å². The summed E-state index contributed by atoms with van der Waals surface area (Å²) in [6, 6.07) is 11.9. The van der Waals surface area contributed by atoms with Crippen molar-refractivity contribution in [1.29, 1.82) is 0 Å². The number of hydrogen-bond donors (Lipinski definition) is 0. The van der Waals surface area contributed by atoms with E-state index in [4.69, 9.17) is 0 Å². The fourth-order valence-electron chi connectivity index (χ4n) is 3.80. The maximum absolute atomic E-state index is 3.64. The van der Waals surface area contributed by atoms with Crippen LogP contribution in [0.3, 0.4) is 0 Å². The first-order valence-corrected chi connectivity index (χ1v) is 8.93. The molecule has 1 fully saturated rings. The Morgan fingerprint density at radius 2 is 1.50 bits per heavy atom. The van der Waals surface area contributed by atoms with Gasteiger partial charge >= 0.3 is 0 Å². The molecule has 1 unspecified atom stereocenters. The molecule has 0 bridgehead atoms. The van der Waals surface area contributed by atoms with E-state index in [0.29, 0.717) is 18.1 Å². The highest BCUT2D eigenvalue weighted by molar-refractivity contribution is 5.35. The maximum Gasteiger partial charge on any atom is 0.0751 e. The summed E-state index contributed by atoms with van der Waals surface area (Å²) >= 11 is 0. The van der Waals surface area contributed by atoms with Crippen LogP contribution in [-0.4, -0.2) is 23.0 Å². The molecule has 22 heavy (non-hydrogen) atoms. The quantitative estimate of drug-likeness (QED) is 0.698. The van der Waals surface area contributed by atoms with Gasteiger partial charge in [-0.3, -0.25) is 4.90 Å². The Balaban J connectivity index is 2.26. The summed E-state index contributed by atoms with van der Waals surface area (Å²) in [6.45, 7) is 9.22. The average molecular weight is 297 g/mol. The molecule has 0 heterocycles. The van der Waals surface area contributed by atoms with Crippen molar-refractivity contribution < 1.29 is 0 Å². The lowest BCUT2D eigenvalue weighted by Gasteiger charge is -2.40. The molecule has 120 valence electrons. The molecule has 0 saturated heterocycles. The van der Waals surface area contributed by atoms with Crippen LogP contribution in [0.2, 0.25) is 0 Å². The van der Waals surface area contributed by atoms with E-state index in [1.54, 1.807) is 0 Å². The average Bonchev–Trinajstić information content (AvgIpc) is 2.52. The van der Waals surface area contributed by atoms with Gasteiger partial charge in [0, 0.05) is 17.6 Å². The molecule has 1 saturated carbocycles. The Labute approximate surface area is 137 Å². The number of benzene rings is 1. The molecular weight excluding hydrogens is 266 g/mol. The van der Waals surface area contributed by atoms with Gasteiger partial charge in [-0.1, -0.05) is 49.3 Å². The zero-order valence-corrected chi connectivity index (χ0v) is 14.7. The predicted octanol–water partition coefficient (Wildman–Crippen LogP) is 5.11. The van der Waals surface area contributed by atoms with E-state index < -0.39 is 0 Å². The van der Waals surface area contributed by atoms with Crippen molar-refractivity contribution in [2.24, 2.45) is 5.92 Å². The lowest BCUT2D eigenvalue weighted by atomic mass is 9.82. The van der Waals surface area contributed by atoms with Crippen LogP contribution in [0.4, 0.5) is 0 Å². The second-order valence-electron chi connectivity index (χ2n) is 7.11. The normalized spacial score (nSPS) is 17.6. The van der Waals surface area contributed by atoms with E-state index >= 15 is 0 Å². The fourth-order valence-corrected chi connectivity index (χ4v) is 3.80. The number of rotatable bonds is 4. The summed E-state index contributed by atoms with van der Waals surface area (Å²) in [7, 11) is 0. The molecule has 1 aromatic carbocycles. The first-order valence-electron chi connectivity index (χ1n) is 8.93. The minimum atomic E-state index is 0.389. The van der Waals surface area contributed by atoms with Crippen LogP contribution < -0.4 is 0 Å². The highest BCUT2D eigenvalue weighted by Gasteiger charge is 2.30. The van der Waals surface area contributed by atoms with Gasteiger partial charge in [0.25, 0.3) is 0 Å². The molecular formula is C21H31N. The maximum atomic E-state index is 3.64. The third-order valence-electron chi connectivity index (χ3n) is 4.75. The summed E-state index contributed by atoms with van der Waals surface area (Å²) in [5.41, 5.74) is 1.13. The third-order valence-corrected chi connectivity index (χ3v) is 4.75. The van der Waals surface area contributed by atoms with Crippen LogP contribution in [0.25, 0.3) is 0 Å². The lowest BCUT2D eigenvalue weighted by molar-refractivity contribution is 0.0916. The molecule has 1 heteroatoms. The molecule has 0 aromatic heterocycles. The van der Waals surface area contributed by atoms with Gasteiger partial charge in [-0.2, -0.15) is 0 Å². The predicted molar refractivity (Wildman–Crippen MR) is 95.8 cm³/mol. The molecule has 2 rings (SSSR count). The monoisotopic (exact) mass is 297 g/mol. The minimum Gasteiger partial charge on any atom is -0.285 e. The van der Waals surface area contributed by atoms with Gasteiger partial charge in [-0.15, -0.1) is 0 Å². The molecule has 1 aliphatic rings. The van der Waals surface area contributed by atoms with Crippen LogP contribution in [0.15, 0.2) is 30.3 Å². The van der Waals surface area contributed by atoms with Gasteiger partial charge < -0.3 is 0 Å². The fraction of sp³-hybridized carbons (Fsp3) is 0.619. The van der Waals surface area contributed by atoms with Crippen molar-refractivity contribution in [2.45, 2.75) is 77.9 Å². The molecule has 0 spiro atoms. The lowest BCUT2D eigenvalue weighted by Crippen LogP contribution is -2.48. The molecule has 1 aliphatic carbocycles. The van der Waals surface area contributed by atoms with Crippen LogP contribution in [0, 0.1) is 17.8 Å². The van der Waals surface area contributed by atoms with Crippen LogP contribution >= 0.6 is 0 Å². The van der Waals surface area contributed by atoms with Crippen molar-refractivity contribution >= 4 is 0 Å². The largest absolute Gasteiger partial charge is 0.285 e. The summed E-state index contributed by atoms with van der Waals surface area (Å²) in [5, 5.41) is 0. The minimum absolute atomic E-state index is 0.389. The van der Waals surface area contributed by atoms with Gasteiger partial charge in [0.1, 0.15) is 0 Å². The highest BCUT2D eigenvalue weighted by Crippen LogP contribution is 2.30. The van der Waals surface area contributed by atoms with Gasteiger partial charge in [0.05, 0.1) is 6.04 Å². The SMILES string of the molecule is CC(C)N(C(C)C)C(C#Cc1ccccc1)C1CCCCC1. The molecule has 1 aromatic rings. The van der Waals surface area contributed by atoms with E-state index in [1.165, 1.54) is 32.1 Å². The number of hydrogen-bond acceptors (Lipinski definition) is 1. The topological polar surface area (TPSA) is 3.24 Å². The Morgan fingerprint density at radius 3 is 2.05 bits per heavy atom. The number of nitrogens with zero attached hydrogens (tertiary/aromatic N) is 1. The highest BCUT2D eigenvalue weighted by atomic mass is 15.2. The van der Waals surface area contributed by atoms with E-state index in [0.717, 1.165) is 11.5 Å². The molecule has 0 radical (unpaired) electrons. The van der Waals surface area contributed by atoms with Gasteiger partial charge in [-0.25, -0.2) is 0 Å². The van der Waals surface area contributed by atoms with Gasteiger partial charge in [0.2, 0.25) is 0 Å². The second kappa shape index (κ2) is 8.39. The summed E-state index contributed by atoms with van der Waals surface area (Å²) in [6.07, 6.45) is 6.82. The first-order chi connectivity index (χ1) is 10.6. The van der Waals surface area contributed by atoms with Crippen molar-refractivity contribution in [3.63, 3.8) is 0 Å². The summed E-state index contributed by atoms with van der Waals surface area (Å²) < 4.78 is 0. The molecule has 0 amide bonds. The third kappa shape index (κ3) is 4.62. The summed E-state index contributed by atoms with van der Waals surface area (Å²) in [5.74, 6) is 7.82. The van der Waals surface area contributed by atoms with E-state index in [2.05, 4.69) is 74.8 Å². The smallest absolute Gasteiger partial charge is 0.0751 e.